The number of ether oxygens (including phenoxy) is 1. The van der Waals surface area contributed by atoms with Crippen LogP contribution in [0.5, 0.6) is 5.88 Å². The predicted molar refractivity (Wildman–Crippen MR) is 70.7 cm³/mol. The molecule has 2 aromatic rings. The van der Waals surface area contributed by atoms with Crippen molar-refractivity contribution < 1.29 is 19.6 Å². The molecule has 0 aliphatic rings. The molecule has 0 fully saturated rings. The summed E-state index contributed by atoms with van der Waals surface area (Å²) in [6.45, 7) is 1.57. The van der Waals surface area contributed by atoms with E-state index >= 15 is 0 Å². The monoisotopic (exact) mass is 293 g/mol. The number of esters is 1. The van der Waals surface area contributed by atoms with Crippen LogP contribution in [0.1, 0.15) is 17.3 Å². The number of hydrogen-bond acceptors (Lipinski definition) is 6. The third-order valence-corrected chi connectivity index (χ3v) is 2.67. The maximum absolute atomic E-state index is 11.7. The first-order valence-electron chi connectivity index (χ1n) is 5.92. The molecule has 9 nitrogen and oxygen atoms in total. The number of nitro benzene ring substituents is 1. The van der Waals surface area contributed by atoms with Gasteiger partial charge in [0.15, 0.2) is 5.56 Å². The Morgan fingerprint density at radius 3 is 2.76 bits per heavy atom. The molecule has 0 spiro atoms. The van der Waals surface area contributed by atoms with E-state index in [9.17, 15) is 24.8 Å². The van der Waals surface area contributed by atoms with E-state index < -0.39 is 27.9 Å². The summed E-state index contributed by atoms with van der Waals surface area (Å²) < 4.78 is 5.42. The highest BCUT2D eigenvalue weighted by atomic mass is 16.6. The average Bonchev–Trinajstić information content (AvgIpc) is 2.74. The molecule has 1 aromatic carbocycles. The zero-order valence-electron chi connectivity index (χ0n) is 10.9. The zero-order valence-corrected chi connectivity index (χ0v) is 10.9. The predicted octanol–water partition coefficient (Wildman–Crippen LogP) is 0.956. The normalized spacial score (nSPS) is 10.3. The molecule has 0 amide bonds. The van der Waals surface area contributed by atoms with Crippen LogP contribution in [-0.4, -0.2) is 32.4 Å². The maximum Gasteiger partial charge on any atom is 0.349 e. The molecule has 110 valence electrons. The molecule has 0 unspecified atom stereocenters. The third kappa shape index (κ3) is 2.48. The minimum absolute atomic E-state index is 0.0222. The van der Waals surface area contributed by atoms with Crippen LogP contribution in [0, 0.1) is 10.1 Å². The van der Waals surface area contributed by atoms with Gasteiger partial charge in [-0.2, -0.15) is 0 Å². The number of benzene rings is 1. The number of nitro groups is 1. The first-order valence-corrected chi connectivity index (χ1v) is 5.92. The van der Waals surface area contributed by atoms with Gasteiger partial charge < -0.3 is 9.84 Å². The van der Waals surface area contributed by atoms with E-state index in [1.807, 2.05) is 0 Å². The average molecular weight is 293 g/mol. The van der Waals surface area contributed by atoms with E-state index in [0.29, 0.717) is 0 Å². The number of aromatic amines is 1. The van der Waals surface area contributed by atoms with Crippen LogP contribution in [0.15, 0.2) is 29.1 Å². The second-order valence-corrected chi connectivity index (χ2v) is 3.94. The fourth-order valence-corrected chi connectivity index (χ4v) is 1.79. The lowest BCUT2D eigenvalue weighted by Crippen LogP contribution is -2.15. The second-order valence-electron chi connectivity index (χ2n) is 3.94. The molecule has 0 aliphatic heterocycles. The number of carbonyl (C=O) groups excluding carboxylic acids is 1. The van der Waals surface area contributed by atoms with Gasteiger partial charge in [-0.3, -0.25) is 20.0 Å². The van der Waals surface area contributed by atoms with Gasteiger partial charge in [-0.05, 0) is 13.0 Å². The Hall–Kier alpha value is -3.10. The minimum Gasteiger partial charge on any atom is -0.493 e. The first kappa shape index (κ1) is 14.3. The van der Waals surface area contributed by atoms with Crippen molar-refractivity contribution in [3.8, 4) is 11.6 Å². The number of para-hydroxylation sites is 2. The summed E-state index contributed by atoms with van der Waals surface area (Å²) in [5, 5.41) is 23.1. The van der Waals surface area contributed by atoms with E-state index in [4.69, 9.17) is 0 Å². The van der Waals surface area contributed by atoms with Gasteiger partial charge in [0.25, 0.3) is 11.2 Å². The first-order chi connectivity index (χ1) is 9.97. The summed E-state index contributed by atoms with van der Waals surface area (Å²) in [4.78, 5) is 33.6. The lowest BCUT2D eigenvalue weighted by atomic mass is 10.2. The number of carbonyl (C=O) groups is 1. The Morgan fingerprint density at radius 1 is 1.48 bits per heavy atom. The highest BCUT2D eigenvalue weighted by Crippen LogP contribution is 2.26. The van der Waals surface area contributed by atoms with Crippen molar-refractivity contribution in [1.29, 1.82) is 0 Å². The van der Waals surface area contributed by atoms with Crippen molar-refractivity contribution >= 4 is 11.7 Å². The smallest absolute Gasteiger partial charge is 0.349 e. The number of rotatable bonds is 4. The lowest BCUT2D eigenvalue weighted by Gasteiger charge is -2.05. The summed E-state index contributed by atoms with van der Waals surface area (Å²) in [6.07, 6.45) is 0. The Morgan fingerprint density at radius 2 is 2.14 bits per heavy atom. The van der Waals surface area contributed by atoms with Crippen LogP contribution in [0.4, 0.5) is 5.69 Å². The summed E-state index contributed by atoms with van der Waals surface area (Å²) in [6, 6.07) is 5.45. The molecule has 1 aromatic heterocycles. The van der Waals surface area contributed by atoms with Crippen LogP contribution in [0.25, 0.3) is 5.69 Å². The molecule has 9 heteroatoms. The van der Waals surface area contributed by atoms with E-state index in [-0.39, 0.29) is 18.0 Å². The van der Waals surface area contributed by atoms with Crippen LogP contribution < -0.4 is 5.56 Å². The van der Waals surface area contributed by atoms with Crippen LogP contribution in [0.3, 0.4) is 0 Å². The molecule has 0 aliphatic carbocycles. The molecule has 0 saturated carbocycles. The fourth-order valence-electron chi connectivity index (χ4n) is 1.79. The third-order valence-electron chi connectivity index (χ3n) is 2.67. The van der Waals surface area contributed by atoms with Crippen LogP contribution in [0.2, 0.25) is 0 Å². The van der Waals surface area contributed by atoms with E-state index in [1.165, 1.54) is 24.3 Å². The van der Waals surface area contributed by atoms with E-state index in [2.05, 4.69) is 9.84 Å². The van der Waals surface area contributed by atoms with Gasteiger partial charge >= 0.3 is 5.97 Å². The maximum atomic E-state index is 11.7. The standard InChI is InChI=1S/C12H11N3O6/c1-2-21-12(18)9-10(16)13-14(11(9)17)7-5-3-4-6-8(7)15(19)20/h3-6,17H,2H2,1H3,(H,13,16). The second kappa shape index (κ2) is 5.49. The van der Waals surface area contributed by atoms with Crippen molar-refractivity contribution in [3.05, 3.63) is 50.3 Å². The van der Waals surface area contributed by atoms with E-state index in [0.717, 1.165) is 4.68 Å². The lowest BCUT2D eigenvalue weighted by molar-refractivity contribution is -0.384. The number of H-pyrrole nitrogens is 1. The number of nitrogens with zero attached hydrogens (tertiary/aromatic N) is 2. The Labute approximate surface area is 117 Å². The SMILES string of the molecule is CCOC(=O)c1c(O)n(-c2ccccc2[N+](=O)[O-])[nH]c1=O. The van der Waals surface area contributed by atoms with Crippen molar-refractivity contribution in [1.82, 2.24) is 9.78 Å². The Bertz CT molecular complexity index is 761. The van der Waals surface area contributed by atoms with Gasteiger partial charge in [-0.15, -0.1) is 0 Å². The number of hydrogen-bond donors (Lipinski definition) is 2. The molecule has 0 atom stereocenters. The quantitative estimate of drug-likeness (QED) is 0.491. The topological polar surface area (TPSA) is 127 Å². The molecule has 0 bridgehead atoms. The molecule has 0 saturated heterocycles. The van der Waals surface area contributed by atoms with Crippen LogP contribution >= 0.6 is 0 Å². The van der Waals surface area contributed by atoms with Gasteiger partial charge in [0, 0.05) is 6.07 Å². The van der Waals surface area contributed by atoms with E-state index in [1.54, 1.807) is 6.92 Å². The van der Waals surface area contributed by atoms with Crippen molar-refractivity contribution in [2.24, 2.45) is 0 Å². The highest BCUT2D eigenvalue weighted by Gasteiger charge is 2.26. The van der Waals surface area contributed by atoms with Crippen LogP contribution in [-0.2, 0) is 4.74 Å². The van der Waals surface area contributed by atoms with Gasteiger partial charge in [0.05, 0.1) is 11.5 Å². The molecule has 0 radical (unpaired) electrons. The number of nitrogens with one attached hydrogen (secondary N) is 1. The van der Waals surface area contributed by atoms with Gasteiger partial charge in [-0.1, -0.05) is 12.1 Å². The van der Waals surface area contributed by atoms with Crippen molar-refractivity contribution in [3.63, 3.8) is 0 Å². The highest BCUT2D eigenvalue weighted by molar-refractivity contribution is 5.91. The summed E-state index contributed by atoms with van der Waals surface area (Å²) >= 11 is 0. The molecule has 2 rings (SSSR count). The molecule has 1 heterocycles. The van der Waals surface area contributed by atoms with Crippen molar-refractivity contribution in [2.45, 2.75) is 6.92 Å². The largest absolute Gasteiger partial charge is 0.493 e. The number of aromatic nitrogens is 2. The summed E-state index contributed by atoms with van der Waals surface area (Å²) in [7, 11) is 0. The number of aromatic hydroxyl groups is 1. The summed E-state index contributed by atoms with van der Waals surface area (Å²) in [5.41, 5.74) is -1.92. The van der Waals surface area contributed by atoms with Gasteiger partial charge in [0.2, 0.25) is 5.88 Å². The fraction of sp³-hybridized carbons (Fsp3) is 0.167. The zero-order chi connectivity index (χ0) is 15.6. The Balaban J connectivity index is 2.63. The minimum atomic E-state index is -1.01. The van der Waals surface area contributed by atoms with Gasteiger partial charge in [-0.25, -0.2) is 9.48 Å². The molecule has 21 heavy (non-hydrogen) atoms. The van der Waals surface area contributed by atoms with Crippen molar-refractivity contribution in [2.75, 3.05) is 6.61 Å². The summed E-state index contributed by atoms with van der Waals surface area (Å²) in [5.74, 6) is -1.75. The Kier molecular flexibility index (Phi) is 3.74. The van der Waals surface area contributed by atoms with Gasteiger partial charge in [0.1, 0.15) is 5.69 Å². The molecule has 2 N–H and O–H groups in total. The molecular formula is C12H11N3O6. The molecular weight excluding hydrogens is 282 g/mol.